The predicted molar refractivity (Wildman–Crippen MR) is 239 cm³/mol. The first-order valence-electron chi connectivity index (χ1n) is 19.1. The molecule has 0 heterocycles. The number of aryl methyl sites for hydroxylation is 4. The number of hydrogen-bond acceptors (Lipinski definition) is 4. The second-order valence-electron chi connectivity index (χ2n) is 14.4. The van der Waals surface area contributed by atoms with E-state index in [1.807, 2.05) is 12.1 Å². The molecule has 2 N–H and O–H groups in total. The maximum atomic E-state index is 6.00. The Morgan fingerprint density at radius 1 is 0.268 bits per heavy atom. The van der Waals surface area contributed by atoms with Crippen molar-refractivity contribution < 1.29 is 0 Å². The Hall–Kier alpha value is -7.04. The fraction of sp³-hybridized carbons (Fsp3) is 0.0769. The third kappa shape index (κ3) is 7.25. The minimum absolute atomic E-state index is 0.760. The highest BCUT2D eigenvalue weighted by molar-refractivity contribution is 5.85. The van der Waals surface area contributed by atoms with Crippen molar-refractivity contribution in [3.05, 3.63) is 216 Å². The normalized spacial score (nSPS) is 10.9. The quantitative estimate of drug-likeness (QED) is 0.142. The average molecular weight is 727 g/mol. The van der Waals surface area contributed by atoms with Gasteiger partial charge in [-0.2, -0.15) is 0 Å². The fourth-order valence-electron chi connectivity index (χ4n) is 7.50. The van der Waals surface area contributed by atoms with Crippen molar-refractivity contribution in [2.24, 2.45) is 0 Å². The SMILES string of the molecule is Cc1ccccc1N(c1ccc(N(c2ccc(-c3ccc(N)cc3)cc2)c2ccc(N(c3ccccc3C)c3ccccc3C)cc2)cc1)c1ccccc1C. The molecular formula is C52H46N4. The average Bonchev–Trinajstić information content (AvgIpc) is 3.23. The molecule has 0 aromatic heterocycles. The van der Waals surface area contributed by atoms with E-state index in [2.05, 4.69) is 224 Å². The van der Waals surface area contributed by atoms with Crippen LogP contribution in [0.5, 0.6) is 0 Å². The number of para-hydroxylation sites is 4. The molecule has 4 heteroatoms. The van der Waals surface area contributed by atoms with E-state index in [4.69, 9.17) is 5.73 Å². The third-order valence-electron chi connectivity index (χ3n) is 10.5. The van der Waals surface area contributed by atoms with Gasteiger partial charge in [0.05, 0.1) is 0 Å². The highest BCUT2D eigenvalue weighted by Gasteiger charge is 2.20. The molecule has 8 rings (SSSR count). The Balaban J connectivity index is 1.22. The minimum Gasteiger partial charge on any atom is -0.399 e. The van der Waals surface area contributed by atoms with Crippen LogP contribution in [0.2, 0.25) is 0 Å². The van der Waals surface area contributed by atoms with E-state index in [0.717, 1.165) is 68.0 Å². The Morgan fingerprint density at radius 3 is 0.786 bits per heavy atom. The number of rotatable bonds is 10. The van der Waals surface area contributed by atoms with Gasteiger partial charge in [-0.05, 0) is 158 Å². The second-order valence-corrected chi connectivity index (χ2v) is 14.4. The van der Waals surface area contributed by atoms with E-state index in [1.54, 1.807) is 0 Å². The fourth-order valence-corrected chi connectivity index (χ4v) is 7.50. The zero-order chi connectivity index (χ0) is 38.6. The lowest BCUT2D eigenvalue weighted by atomic mass is 10.0. The van der Waals surface area contributed by atoms with Crippen LogP contribution in [0.4, 0.5) is 56.9 Å². The van der Waals surface area contributed by atoms with Crippen LogP contribution in [0.15, 0.2) is 194 Å². The van der Waals surface area contributed by atoms with E-state index in [9.17, 15) is 0 Å². The summed E-state index contributed by atoms with van der Waals surface area (Å²) < 4.78 is 0. The van der Waals surface area contributed by atoms with Crippen LogP contribution in [-0.4, -0.2) is 0 Å². The largest absolute Gasteiger partial charge is 0.399 e. The van der Waals surface area contributed by atoms with Crippen molar-refractivity contribution in [1.82, 2.24) is 0 Å². The number of benzene rings is 8. The molecular weight excluding hydrogens is 681 g/mol. The molecule has 0 aliphatic carbocycles. The number of nitrogens with zero attached hydrogens (tertiary/aromatic N) is 3. The van der Waals surface area contributed by atoms with Crippen LogP contribution in [0.25, 0.3) is 11.1 Å². The summed E-state index contributed by atoms with van der Waals surface area (Å²) in [5.74, 6) is 0. The highest BCUT2D eigenvalue weighted by Crippen LogP contribution is 2.43. The van der Waals surface area contributed by atoms with Crippen LogP contribution in [-0.2, 0) is 0 Å². The lowest BCUT2D eigenvalue weighted by molar-refractivity contribution is 1.21. The zero-order valence-corrected chi connectivity index (χ0v) is 32.4. The molecule has 8 aromatic rings. The molecule has 0 aliphatic heterocycles. The molecule has 0 aliphatic rings. The number of nitrogen functional groups attached to an aromatic ring is 1. The van der Waals surface area contributed by atoms with Crippen molar-refractivity contribution in [3.63, 3.8) is 0 Å². The van der Waals surface area contributed by atoms with E-state index in [-0.39, 0.29) is 0 Å². The molecule has 0 fully saturated rings. The maximum Gasteiger partial charge on any atom is 0.0490 e. The van der Waals surface area contributed by atoms with Crippen molar-refractivity contribution in [2.75, 3.05) is 20.4 Å². The first-order valence-corrected chi connectivity index (χ1v) is 19.1. The molecule has 0 saturated carbocycles. The molecule has 4 nitrogen and oxygen atoms in total. The topological polar surface area (TPSA) is 35.7 Å². The van der Waals surface area contributed by atoms with Gasteiger partial charge >= 0.3 is 0 Å². The summed E-state index contributed by atoms with van der Waals surface area (Å²) in [6, 6.07) is 69.0. The van der Waals surface area contributed by atoms with Gasteiger partial charge in [0.25, 0.3) is 0 Å². The summed E-state index contributed by atoms with van der Waals surface area (Å²) >= 11 is 0. The van der Waals surface area contributed by atoms with Gasteiger partial charge in [0.2, 0.25) is 0 Å². The predicted octanol–water partition coefficient (Wildman–Crippen LogP) is 14.6. The van der Waals surface area contributed by atoms with Gasteiger partial charge in [-0.3, -0.25) is 0 Å². The summed E-state index contributed by atoms with van der Waals surface area (Å²) in [7, 11) is 0. The van der Waals surface area contributed by atoms with Crippen LogP contribution in [0.1, 0.15) is 22.3 Å². The van der Waals surface area contributed by atoms with E-state index in [1.165, 1.54) is 22.3 Å². The monoisotopic (exact) mass is 726 g/mol. The van der Waals surface area contributed by atoms with Crippen LogP contribution >= 0.6 is 0 Å². The van der Waals surface area contributed by atoms with Gasteiger partial charge in [-0.1, -0.05) is 97.1 Å². The van der Waals surface area contributed by atoms with Gasteiger partial charge in [0, 0.05) is 56.9 Å². The van der Waals surface area contributed by atoms with E-state index in [0.29, 0.717) is 0 Å². The summed E-state index contributed by atoms with van der Waals surface area (Å²) in [6.07, 6.45) is 0. The Labute approximate surface area is 331 Å². The van der Waals surface area contributed by atoms with E-state index < -0.39 is 0 Å². The van der Waals surface area contributed by atoms with E-state index >= 15 is 0 Å². The first kappa shape index (κ1) is 36.0. The van der Waals surface area contributed by atoms with Gasteiger partial charge in [-0.15, -0.1) is 0 Å². The lowest BCUT2D eigenvalue weighted by Gasteiger charge is -2.31. The molecule has 0 unspecified atom stereocenters. The molecule has 0 amide bonds. The van der Waals surface area contributed by atoms with Crippen LogP contribution < -0.4 is 20.4 Å². The third-order valence-corrected chi connectivity index (χ3v) is 10.5. The Kier molecular flexibility index (Phi) is 10.1. The molecule has 0 bridgehead atoms. The van der Waals surface area contributed by atoms with Crippen molar-refractivity contribution in [1.29, 1.82) is 0 Å². The molecule has 56 heavy (non-hydrogen) atoms. The number of hydrogen-bond donors (Lipinski definition) is 1. The maximum absolute atomic E-state index is 6.00. The van der Waals surface area contributed by atoms with Gasteiger partial charge < -0.3 is 20.4 Å². The molecule has 274 valence electrons. The van der Waals surface area contributed by atoms with Crippen LogP contribution in [0.3, 0.4) is 0 Å². The number of nitrogens with two attached hydrogens (primary N) is 1. The van der Waals surface area contributed by atoms with Crippen molar-refractivity contribution in [3.8, 4) is 11.1 Å². The number of anilines is 10. The molecule has 0 spiro atoms. The van der Waals surface area contributed by atoms with Crippen molar-refractivity contribution in [2.45, 2.75) is 27.7 Å². The van der Waals surface area contributed by atoms with Gasteiger partial charge in [-0.25, -0.2) is 0 Å². The smallest absolute Gasteiger partial charge is 0.0490 e. The molecule has 0 saturated heterocycles. The van der Waals surface area contributed by atoms with Gasteiger partial charge in [0.15, 0.2) is 0 Å². The summed E-state index contributed by atoms with van der Waals surface area (Å²) in [5.41, 5.74) is 23.9. The first-order chi connectivity index (χ1) is 27.4. The minimum atomic E-state index is 0.760. The van der Waals surface area contributed by atoms with Crippen LogP contribution in [0, 0.1) is 27.7 Å². The summed E-state index contributed by atoms with van der Waals surface area (Å²) in [6.45, 7) is 8.70. The zero-order valence-electron chi connectivity index (χ0n) is 32.4. The standard InChI is InChI=1S/C52H46N4/c1-37-13-5-9-17-49(37)55(50-18-10-6-14-38(50)2)47-33-29-45(30-34-47)54(44-27-23-42(24-28-44)41-21-25-43(53)26-22-41)46-31-35-48(36-32-46)56(51-19-11-7-15-39(51)3)52-20-12-8-16-40(52)4/h5-36H,53H2,1-4H3. The Bertz CT molecular complexity index is 2340. The molecule has 0 atom stereocenters. The summed E-state index contributed by atoms with van der Waals surface area (Å²) in [4.78, 5) is 7.06. The van der Waals surface area contributed by atoms with Crippen molar-refractivity contribution >= 4 is 56.9 Å². The van der Waals surface area contributed by atoms with Gasteiger partial charge in [0.1, 0.15) is 0 Å². The molecule has 8 aromatic carbocycles. The lowest BCUT2D eigenvalue weighted by Crippen LogP contribution is -2.14. The second kappa shape index (κ2) is 15.7. The highest BCUT2D eigenvalue weighted by atomic mass is 15.2. The molecule has 0 radical (unpaired) electrons. The Morgan fingerprint density at radius 2 is 0.500 bits per heavy atom. The summed E-state index contributed by atoms with van der Waals surface area (Å²) in [5, 5.41) is 0.